The quantitative estimate of drug-likeness (QED) is 0.0332. The highest BCUT2D eigenvalue weighted by molar-refractivity contribution is 8.13. The van der Waals surface area contributed by atoms with Crippen molar-refractivity contribution >= 4 is 101 Å². The van der Waals surface area contributed by atoms with Crippen LogP contribution in [0.3, 0.4) is 0 Å². The van der Waals surface area contributed by atoms with Crippen LogP contribution in [0.4, 0.5) is 0 Å². The molecule has 0 heterocycles. The summed E-state index contributed by atoms with van der Waals surface area (Å²) in [4.78, 5) is 110. The second-order valence-corrected chi connectivity index (χ2v) is 36.8. The van der Waals surface area contributed by atoms with Gasteiger partial charge >= 0.3 is 67.3 Å². The van der Waals surface area contributed by atoms with E-state index in [0.717, 1.165) is 23.5 Å². The van der Waals surface area contributed by atoms with E-state index in [-0.39, 0.29) is 29.1 Å². The van der Waals surface area contributed by atoms with Crippen molar-refractivity contribution in [1.29, 1.82) is 0 Å². The number of benzene rings is 1. The predicted octanol–water partition coefficient (Wildman–Crippen LogP) is 8.46. The van der Waals surface area contributed by atoms with Crippen LogP contribution in [0.2, 0.25) is 0 Å². The molecule has 0 saturated carbocycles. The minimum absolute atomic E-state index is 0.00163. The molecule has 0 amide bonds. The summed E-state index contributed by atoms with van der Waals surface area (Å²) < 4.78 is 120. The van der Waals surface area contributed by atoms with Crippen molar-refractivity contribution in [3.8, 4) is 5.75 Å². The summed E-state index contributed by atoms with van der Waals surface area (Å²) in [7, 11) is -33.1. The number of para-hydroxylation sites is 1. The summed E-state index contributed by atoms with van der Waals surface area (Å²) in [5, 5.41) is -0.878. The first kappa shape index (κ1) is 78.3. The molecular weight excluding hydrogens is 1170 g/mol. The second kappa shape index (κ2) is 32.6. The summed E-state index contributed by atoms with van der Waals surface area (Å²) in [6, 6.07) is 8.09. The zero-order valence-electron chi connectivity index (χ0n) is 42.6. The van der Waals surface area contributed by atoms with E-state index in [1.807, 2.05) is 6.07 Å². The number of carbonyl (C=O) groups is 3. The molecule has 38 heteroatoms. The van der Waals surface area contributed by atoms with Gasteiger partial charge in [0.25, 0.3) is 0 Å². The highest BCUT2D eigenvalue weighted by Crippen LogP contribution is 2.70. The van der Waals surface area contributed by atoms with E-state index >= 15 is 0 Å². The molecule has 0 aliphatic heterocycles. The van der Waals surface area contributed by atoms with E-state index in [4.69, 9.17) is 52.7 Å². The Labute approximate surface area is 429 Å². The molecule has 28 nitrogen and oxygen atoms in total. The zero-order chi connectivity index (χ0) is 58.4. The Morgan fingerprint density at radius 2 is 0.944 bits per heavy atom. The molecule has 1 aromatic rings. The molecule has 0 saturated heterocycles. The van der Waals surface area contributed by atoms with Gasteiger partial charge in [0.2, 0.25) is 0 Å². The first-order chi connectivity index (χ1) is 31.6. The number of nitrogens with one attached hydrogen (secondary N) is 1. The standard InChI is InChI=1S/C11H16NO4P.C11H21O5PS2.C4H13O9P3.C4H12O6P2.C4H11O3P/c1-9(11(13)15-2)12-17(3,14)16-10-7-5-4-6-8-10;1-9(2)17(14,15-5-7-18-10(3)12)16-6-8-19-11(4)13;1-4(2,3)14(5,6)12-16(10,11)13-15(7,8)9;1-4(2,3)11(5,6)10-12(7,8)9;1-4(2,3)8(5,6)7/h4-9H,1-3H3,(H,12,14);9H,5-8H2,1-4H3;1-3H3,(H,5,6)(H,10,11)(H2,7,8,9);1-3H3,(H,5,6)(H2,7,8,9);1-3H3,(H2,5,6,7). The third-order valence-corrected chi connectivity index (χ3v) is 22.7. The number of esters is 1. The van der Waals surface area contributed by atoms with Gasteiger partial charge in [-0.05, 0) is 81.4 Å². The van der Waals surface area contributed by atoms with Crippen molar-refractivity contribution in [3.63, 3.8) is 0 Å². The van der Waals surface area contributed by atoms with Crippen LogP contribution in [0.5, 0.6) is 5.75 Å². The molecule has 0 radical (unpaired) electrons. The van der Waals surface area contributed by atoms with Gasteiger partial charge in [-0.15, -0.1) is 0 Å². The summed E-state index contributed by atoms with van der Waals surface area (Å²) >= 11 is 2.25. The molecule has 428 valence electrons. The number of carbonyl (C=O) groups excluding carboxylic acids is 3. The fourth-order valence-electron chi connectivity index (χ4n) is 3.00. The average Bonchev–Trinajstić information content (AvgIpc) is 3.11. The number of phosphoric acid groups is 3. The second-order valence-electron chi connectivity index (χ2n) is 17.4. The van der Waals surface area contributed by atoms with E-state index in [1.54, 1.807) is 45.0 Å². The lowest BCUT2D eigenvalue weighted by atomic mass is 10.3. The Balaban J connectivity index is -0.000000411. The maximum absolute atomic E-state index is 12.4. The van der Waals surface area contributed by atoms with Gasteiger partial charge in [-0.3, -0.25) is 37.2 Å². The molecule has 1 aromatic carbocycles. The van der Waals surface area contributed by atoms with Crippen LogP contribution in [0.15, 0.2) is 30.3 Å². The minimum Gasteiger partial charge on any atom is -0.468 e. The minimum atomic E-state index is -5.31. The van der Waals surface area contributed by atoms with Gasteiger partial charge < -0.3 is 62.3 Å². The van der Waals surface area contributed by atoms with Gasteiger partial charge in [0, 0.05) is 32.0 Å². The number of methoxy groups -OCH3 is 1. The van der Waals surface area contributed by atoms with Crippen molar-refractivity contribution in [2.45, 2.75) is 124 Å². The van der Waals surface area contributed by atoms with Crippen LogP contribution < -0.4 is 9.61 Å². The van der Waals surface area contributed by atoms with Crippen LogP contribution in [0, 0.1) is 0 Å². The highest BCUT2D eigenvalue weighted by Gasteiger charge is 2.46. The molecule has 0 aliphatic carbocycles. The summed E-state index contributed by atoms with van der Waals surface area (Å²) in [6.07, 6.45) is 0. The SMILES string of the molecule is CC(=O)SCCOP(=O)(OCCSC(C)=O)C(C)C.CC(C)(C)P(=O)(O)O.CC(C)(C)P(=O)(O)OP(=O)(O)O.CC(C)(C)P(=O)(O)OP(=O)(O)OP(=O)(O)O.COC(=O)C(C)NP(C)(=O)Oc1ccccc1. The summed E-state index contributed by atoms with van der Waals surface area (Å²) in [6.45, 7) is 22.2. The molecule has 0 fully saturated rings. The Hall–Kier alpha value is -0.230. The predicted molar refractivity (Wildman–Crippen MR) is 274 cm³/mol. The van der Waals surface area contributed by atoms with Gasteiger partial charge in [-0.25, -0.2) is 27.4 Å². The van der Waals surface area contributed by atoms with Gasteiger partial charge in [-0.2, -0.15) is 4.31 Å². The van der Waals surface area contributed by atoms with Crippen LogP contribution in [-0.4, -0.2) is 126 Å². The normalized spacial score (nSPS) is 16.2. The zero-order valence-corrected chi connectivity index (χ0v) is 51.4. The van der Waals surface area contributed by atoms with Crippen molar-refractivity contribution in [2.24, 2.45) is 0 Å². The fraction of sp³-hybridized carbons (Fsp3) is 0.735. The van der Waals surface area contributed by atoms with Gasteiger partial charge in [0.1, 0.15) is 11.8 Å². The van der Waals surface area contributed by atoms with Crippen LogP contribution >= 0.6 is 84.9 Å². The molecule has 5 unspecified atom stereocenters. The van der Waals surface area contributed by atoms with Crippen molar-refractivity contribution < 1.29 is 126 Å². The third kappa shape index (κ3) is 40.0. The molecule has 1 rings (SSSR count). The van der Waals surface area contributed by atoms with Gasteiger partial charge in [-0.1, -0.05) is 55.6 Å². The largest absolute Gasteiger partial charge is 0.488 e. The van der Waals surface area contributed by atoms with E-state index in [1.165, 1.54) is 89.9 Å². The first-order valence-corrected chi connectivity index (χ1v) is 35.2. The Bertz CT molecular complexity index is 2200. The highest BCUT2D eigenvalue weighted by atomic mass is 32.2. The van der Waals surface area contributed by atoms with Crippen molar-refractivity contribution in [1.82, 2.24) is 5.09 Å². The average molecular weight is 1240 g/mol. The van der Waals surface area contributed by atoms with E-state index in [9.17, 15) is 55.8 Å². The fourth-order valence-corrected chi connectivity index (χ4v) is 12.6. The number of rotatable bonds is 20. The lowest BCUT2D eigenvalue weighted by Crippen LogP contribution is -2.33. The molecule has 10 N–H and O–H groups in total. The Kier molecular flexibility index (Phi) is 35.5. The lowest BCUT2D eigenvalue weighted by molar-refractivity contribution is -0.142. The van der Waals surface area contributed by atoms with Crippen LogP contribution in [0.1, 0.15) is 96.9 Å². The molecular formula is C34H73NO27P8S2. The number of hydrogen-bond donors (Lipinski definition) is 10. The number of ether oxygens (including phenoxy) is 1. The van der Waals surface area contributed by atoms with E-state index in [0.29, 0.717) is 17.3 Å². The van der Waals surface area contributed by atoms with Crippen molar-refractivity contribution in [3.05, 3.63) is 30.3 Å². The topological polar surface area (TPSA) is 446 Å². The maximum atomic E-state index is 12.4. The monoisotopic (exact) mass is 1240 g/mol. The van der Waals surface area contributed by atoms with Crippen LogP contribution in [-0.2, 0) is 77.6 Å². The molecule has 0 aromatic heterocycles. The van der Waals surface area contributed by atoms with Crippen LogP contribution in [0.25, 0.3) is 0 Å². The molecule has 5 atom stereocenters. The van der Waals surface area contributed by atoms with Gasteiger partial charge in [0.15, 0.2) is 10.2 Å². The van der Waals surface area contributed by atoms with E-state index in [2.05, 4.69) is 22.8 Å². The Morgan fingerprint density at radius 3 is 1.21 bits per heavy atom. The smallest absolute Gasteiger partial charge is 0.468 e. The summed E-state index contributed by atoms with van der Waals surface area (Å²) in [5.41, 5.74) is -0.253. The maximum Gasteiger partial charge on any atom is 0.488 e. The summed E-state index contributed by atoms with van der Waals surface area (Å²) in [5.74, 6) is 0.918. The number of thioether (sulfide) groups is 2. The third-order valence-electron chi connectivity index (χ3n) is 7.17. The molecule has 0 aliphatic rings. The molecule has 72 heavy (non-hydrogen) atoms. The molecule has 0 bridgehead atoms. The lowest BCUT2D eigenvalue weighted by Gasteiger charge is -2.26. The van der Waals surface area contributed by atoms with Gasteiger partial charge in [0.05, 0.1) is 41.5 Å². The number of hydrogen-bond acceptors (Lipinski definition) is 20. The molecule has 0 spiro atoms. The Morgan fingerprint density at radius 1 is 0.597 bits per heavy atom. The van der Waals surface area contributed by atoms with Crippen molar-refractivity contribution in [2.75, 3.05) is 38.5 Å². The van der Waals surface area contributed by atoms with E-state index < -0.39 is 88.9 Å². The first-order valence-electron chi connectivity index (χ1n) is 20.2.